The molecule has 0 spiro atoms. The Morgan fingerprint density at radius 1 is 1.50 bits per heavy atom. The summed E-state index contributed by atoms with van der Waals surface area (Å²) in [4.78, 5) is 4.30. The molecule has 1 saturated heterocycles. The lowest BCUT2D eigenvalue weighted by Gasteiger charge is -2.34. The maximum Gasteiger partial charge on any atom is 0.217 e. The summed E-state index contributed by atoms with van der Waals surface area (Å²) in [5, 5.41) is 3.24. The molecular weight excluding hydrogens is 328 g/mol. The molecule has 2 rings (SSSR count). The number of imidazole rings is 1. The lowest BCUT2D eigenvalue weighted by Crippen LogP contribution is -2.50. The maximum atomic E-state index is 12.6. The molecule has 1 unspecified atom stereocenters. The first kappa shape index (κ1) is 19.4. The molecule has 7 nitrogen and oxygen atoms in total. The van der Waals surface area contributed by atoms with Crippen molar-refractivity contribution in [2.45, 2.75) is 26.0 Å². The van der Waals surface area contributed by atoms with Crippen molar-refractivity contribution in [2.75, 3.05) is 32.0 Å². The van der Waals surface area contributed by atoms with Gasteiger partial charge in [0.25, 0.3) is 0 Å². The first-order valence-corrected chi connectivity index (χ1v) is 8.82. The third kappa shape index (κ3) is 4.66. The number of aryl methyl sites for hydroxylation is 1. The van der Waals surface area contributed by atoms with Gasteiger partial charge in [0, 0.05) is 39.1 Å². The van der Waals surface area contributed by atoms with Gasteiger partial charge in [-0.15, -0.1) is 12.4 Å². The molecule has 1 atom stereocenters. The molecule has 0 aliphatic carbocycles. The molecule has 1 aromatic heterocycles. The molecule has 0 bridgehead atoms. The Kier molecular flexibility index (Phi) is 7.27. The number of hydrogen-bond donors (Lipinski definition) is 1. The molecule has 0 radical (unpaired) electrons. The van der Waals surface area contributed by atoms with Crippen LogP contribution in [-0.4, -0.2) is 60.4 Å². The van der Waals surface area contributed by atoms with Crippen LogP contribution in [0.2, 0.25) is 0 Å². The topological polar surface area (TPSA) is 76.5 Å². The van der Waals surface area contributed by atoms with Crippen LogP contribution in [0.15, 0.2) is 12.4 Å². The van der Waals surface area contributed by atoms with Crippen molar-refractivity contribution in [1.82, 2.24) is 19.2 Å². The SMILES string of the molecule is CC(C)OCCS(=O)(=O)N1CCNCC1c1nccn1C.Cl. The molecule has 1 aliphatic heterocycles. The second-order valence-electron chi connectivity index (χ2n) is 5.46. The van der Waals surface area contributed by atoms with Gasteiger partial charge in [0.2, 0.25) is 10.0 Å². The van der Waals surface area contributed by atoms with Gasteiger partial charge in [0.05, 0.1) is 24.5 Å². The number of nitrogens with one attached hydrogen (secondary N) is 1. The number of ether oxygens (including phenoxy) is 1. The zero-order valence-electron chi connectivity index (χ0n) is 13.2. The molecule has 0 saturated carbocycles. The first-order chi connectivity index (χ1) is 9.92. The molecule has 9 heteroatoms. The molecule has 128 valence electrons. The van der Waals surface area contributed by atoms with Gasteiger partial charge in [0.15, 0.2) is 0 Å². The van der Waals surface area contributed by atoms with Gasteiger partial charge in [-0.1, -0.05) is 0 Å². The molecule has 1 N–H and O–H groups in total. The van der Waals surface area contributed by atoms with E-state index in [-0.39, 0.29) is 36.9 Å². The van der Waals surface area contributed by atoms with E-state index in [2.05, 4.69) is 10.3 Å². The van der Waals surface area contributed by atoms with Crippen molar-refractivity contribution in [2.24, 2.45) is 7.05 Å². The lowest BCUT2D eigenvalue weighted by atomic mass is 10.2. The number of hydrogen-bond acceptors (Lipinski definition) is 5. The highest BCUT2D eigenvalue weighted by molar-refractivity contribution is 7.89. The minimum absolute atomic E-state index is 0. The van der Waals surface area contributed by atoms with Crippen LogP contribution < -0.4 is 5.32 Å². The van der Waals surface area contributed by atoms with Gasteiger partial charge < -0.3 is 14.6 Å². The van der Waals surface area contributed by atoms with Gasteiger partial charge in [-0.3, -0.25) is 0 Å². The Hall–Kier alpha value is -0.670. The smallest absolute Gasteiger partial charge is 0.217 e. The summed E-state index contributed by atoms with van der Waals surface area (Å²) >= 11 is 0. The predicted molar refractivity (Wildman–Crippen MR) is 87.6 cm³/mol. The van der Waals surface area contributed by atoms with E-state index >= 15 is 0 Å². The summed E-state index contributed by atoms with van der Waals surface area (Å²) in [5.74, 6) is 0.766. The molecule has 22 heavy (non-hydrogen) atoms. The quantitative estimate of drug-likeness (QED) is 0.808. The highest BCUT2D eigenvalue weighted by atomic mass is 35.5. The fourth-order valence-electron chi connectivity index (χ4n) is 2.44. The van der Waals surface area contributed by atoms with Crippen LogP contribution >= 0.6 is 12.4 Å². The fraction of sp³-hybridized carbons (Fsp3) is 0.769. The molecule has 2 heterocycles. The van der Waals surface area contributed by atoms with Crippen molar-refractivity contribution < 1.29 is 13.2 Å². The second-order valence-corrected chi connectivity index (χ2v) is 7.50. The normalized spacial score (nSPS) is 20.1. The Morgan fingerprint density at radius 3 is 2.82 bits per heavy atom. The minimum atomic E-state index is -3.36. The van der Waals surface area contributed by atoms with Crippen LogP contribution in [0.3, 0.4) is 0 Å². The highest BCUT2D eigenvalue weighted by Crippen LogP contribution is 2.23. The van der Waals surface area contributed by atoms with Crippen LogP contribution in [-0.2, 0) is 21.8 Å². The Morgan fingerprint density at radius 2 is 2.23 bits per heavy atom. The number of nitrogens with zero attached hydrogens (tertiary/aromatic N) is 3. The van der Waals surface area contributed by atoms with E-state index in [0.717, 1.165) is 5.82 Å². The van der Waals surface area contributed by atoms with Crippen LogP contribution in [0, 0.1) is 0 Å². The van der Waals surface area contributed by atoms with E-state index in [0.29, 0.717) is 19.6 Å². The Bertz CT molecular complexity index is 561. The second kappa shape index (κ2) is 8.26. The monoisotopic (exact) mass is 352 g/mol. The lowest BCUT2D eigenvalue weighted by molar-refractivity contribution is 0.0902. The molecular formula is C13H25ClN4O3S. The predicted octanol–water partition coefficient (Wildman–Crippen LogP) is 0.543. The molecule has 0 aromatic carbocycles. The van der Waals surface area contributed by atoms with Gasteiger partial charge in [0.1, 0.15) is 5.82 Å². The van der Waals surface area contributed by atoms with E-state index < -0.39 is 10.0 Å². The summed E-state index contributed by atoms with van der Waals surface area (Å²) in [7, 11) is -1.48. The van der Waals surface area contributed by atoms with Gasteiger partial charge in [-0.05, 0) is 13.8 Å². The first-order valence-electron chi connectivity index (χ1n) is 7.21. The number of halogens is 1. The average molecular weight is 353 g/mol. The molecule has 1 aromatic rings. The zero-order valence-corrected chi connectivity index (χ0v) is 14.9. The van der Waals surface area contributed by atoms with E-state index in [1.54, 1.807) is 10.5 Å². The molecule has 0 amide bonds. The number of rotatable bonds is 6. The summed E-state index contributed by atoms with van der Waals surface area (Å²) in [5.41, 5.74) is 0. The van der Waals surface area contributed by atoms with Gasteiger partial charge in [-0.2, -0.15) is 4.31 Å². The summed E-state index contributed by atoms with van der Waals surface area (Å²) in [6.07, 6.45) is 3.56. The molecule has 1 aliphatic rings. The maximum absolute atomic E-state index is 12.6. The largest absolute Gasteiger partial charge is 0.378 e. The van der Waals surface area contributed by atoms with E-state index in [1.807, 2.05) is 31.7 Å². The third-order valence-electron chi connectivity index (χ3n) is 3.50. The van der Waals surface area contributed by atoms with Crippen LogP contribution in [0.5, 0.6) is 0 Å². The highest BCUT2D eigenvalue weighted by Gasteiger charge is 2.35. The van der Waals surface area contributed by atoms with Gasteiger partial charge >= 0.3 is 0 Å². The zero-order chi connectivity index (χ0) is 15.5. The summed E-state index contributed by atoms with van der Waals surface area (Å²) < 4.78 is 33.9. The van der Waals surface area contributed by atoms with Crippen molar-refractivity contribution in [3.63, 3.8) is 0 Å². The van der Waals surface area contributed by atoms with E-state index in [9.17, 15) is 8.42 Å². The van der Waals surface area contributed by atoms with Crippen LogP contribution in [0.25, 0.3) is 0 Å². The Balaban J connectivity index is 0.00000242. The van der Waals surface area contributed by atoms with Gasteiger partial charge in [-0.25, -0.2) is 13.4 Å². The van der Waals surface area contributed by atoms with E-state index in [1.165, 1.54) is 0 Å². The number of piperazine rings is 1. The average Bonchev–Trinajstić information content (AvgIpc) is 2.84. The van der Waals surface area contributed by atoms with Crippen molar-refractivity contribution in [3.05, 3.63) is 18.2 Å². The standard InChI is InChI=1S/C13H24N4O3S.ClH/c1-11(2)20-8-9-21(18,19)17-7-4-14-10-12(17)13-15-5-6-16(13)3;/h5-6,11-12,14H,4,7-10H2,1-3H3;1H. The number of sulfonamides is 1. The minimum Gasteiger partial charge on any atom is -0.378 e. The molecule has 1 fully saturated rings. The van der Waals surface area contributed by atoms with Crippen molar-refractivity contribution in [1.29, 1.82) is 0 Å². The number of aromatic nitrogens is 2. The van der Waals surface area contributed by atoms with Crippen molar-refractivity contribution >= 4 is 22.4 Å². The summed E-state index contributed by atoms with van der Waals surface area (Å²) in [6, 6.07) is -0.261. The van der Waals surface area contributed by atoms with Crippen LogP contribution in [0.1, 0.15) is 25.7 Å². The summed E-state index contributed by atoms with van der Waals surface area (Å²) in [6.45, 7) is 5.71. The van der Waals surface area contributed by atoms with Crippen LogP contribution in [0.4, 0.5) is 0 Å². The fourth-order valence-corrected chi connectivity index (χ4v) is 3.91. The third-order valence-corrected chi connectivity index (χ3v) is 5.33. The Labute approximate surface area is 138 Å². The van der Waals surface area contributed by atoms with Crippen molar-refractivity contribution in [3.8, 4) is 0 Å². The van der Waals surface area contributed by atoms with E-state index in [4.69, 9.17) is 4.74 Å².